The van der Waals surface area contributed by atoms with Crippen molar-refractivity contribution >= 4 is 17.7 Å². The highest BCUT2D eigenvalue weighted by molar-refractivity contribution is 5.57. The Morgan fingerprint density at radius 1 is 1.25 bits per heavy atom. The molecule has 5 N–H and O–H groups in total. The highest BCUT2D eigenvalue weighted by Gasteiger charge is 2.26. The number of fused-ring (bicyclic) bond motifs is 1. The maximum Gasteiger partial charge on any atom is 0.326 e. The van der Waals surface area contributed by atoms with Crippen LogP contribution in [0.3, 0.4) is 0 Å². The summed E-state index contributed by atoms with van der Waals surface area (Å²) in [6.07, 6.45) is 7.33. The predicted molar refractivity (Wildman–Crippen MR) is 98.5 cm³/mol. The van der Waals surface area contributed by atoms with Gasteiger partial charge in [-0.3, -0.25) is 4.98 Å². The molecule has 0 unspecified atom stereocenters. The molecule has 146 valence electrons. The Hall–Kier alpha value is -3.21. The van der Waals surface area contributed by atoms with E-state index in [4.69, 9.17) is 0 Å². The minimum atomic E-state index is -0.503. The zero-order valence-electron chi connectivity index (χ0n) is 15.0. The Kier molecular flexibility index (Phi) is 3.90. The molecule has 0 bridgehead atoms. The smallest absolute Gasteiger partial charge is 0.326 e. The van der Waals surface area contributed by atoms with Crippen molar-refractivity contribution in [2.45, 2.75) is 50.3 Å². The third kappa shape index (κ3) is 3.13. The van der Waals surface area contributed by atoms with Gasteiger partial charge < -0.3 is 20.5 Å². The van der Waals surface area contributed by atoms with E-state index in [2.05, 4.69) is 35.3 Å². The summed E-state index contributed by atoms with van der Waals surface area (Å²) in [6, 6.07) is 0.140. The first-order chi connectivity index (χ1) is 13.6. The fourth-order valence-electron chi connectivity index (χ4n) is 3.42. The van der Waals surface area contributed by atoms with Crippen LogP contribution in [0.5, 0.6) is 5.88 Å². The number of rotatable bonds is 4. The number of H-pyrrole nitrogens is 2. The summed E-state index contributed by atoms with van der Waals surface area (Å²) in [6.45, 7) is 0. The molecule has 0 radical (unpaired) electrons. The maximum absolute atomic E-state index is 11.4. The Morgan fingerprint density at radius 2 is 2.11 bits per heavy atom. The first-order valence-corrected chi connectivity index (χ1v) is 9.34. The van der Waals surface area contributed by atoms with Gasteiger partial charge in [0, 0.05) is 5.22 Å². The second kappa shape index (κ2) is 6.44. The van der Waals surface area contributed by atoms with Gasteiger partial charge in [-0.05, 0) is 38.2 Å². The van der Waals surface area contributed by atoms with E-state index in [-0.39, 0.29) is 23.7 Å². The van der Waals surface area contributed by atoms with Crippen LogP contribution in [0.15, 0.2) is 16.0 Å². The van der Waals surface area contributed by atoms with Crippen LogP contribution in [-0.2, 0) is 0 Å². The average Bonchev–Trinajstić information content (AvgIpc) is 3.10. The van der Waals surface area contributed by atoms with Gasteiger partial charge in [0.15, 0.2) is 5.65 Å². The van der Waals surface area contributed by atoms with E-state index in [1.165, 1.54) is 0 Å². The van der Waals surface area contributed by atoms with Crippen molar-refractivity contribution in [3.8, 4) is 5.88 Å². The third-order valence-electron chi connectivity index (χ3n) is 5.05. The lowest BCUT2D eigenvalue weighted by atomic mass is 10.2. The number of aromatic hydroxyl groups is 1. The number of aromatic amines is 2. The number of hydrogen-bond donors (Lipinski definition) is 5. The Bertz CT molecular complexity index is 1210. The largest absolute Gasteiger partial charge is 0.493 e. The van der Waals surface area contributed by atoms with E-state index in [1.54, 1.807) is 16.8 Å². The summed E-state index contributed by atoms with van der Waals surface area (Å²) in [7, 11) is 0. The van der Waals surface area contributed by atoms with E-state index < -0.39 is 11.8 Å². The Morgan fingerprint density at radius 3 is 2.79 bits per heavy atom. The van der Waals surface area contributed by atoms with Crippen molar-refractivity contribution in [1.82, 2.24) is 29.5 Å². The van der Waals surface area contributed by atoms with Gasteiger partial charge in [-0.1, -0.05) is 0 Å². The fraction of sp³-hybridized carbons (Fsp3) is 0.471. The van der Waals surface area contributed by atoms with Gasteiger partial charge in [0.05, 0.1) is 24.4 Å². The number of nitrogens with zero attached hydrogens (tertiary/aromatic N) is 5. The lowest BCUT2D eigenvalue weighted by Crippen LogP contribution is -2.32. The first kappa shape index (κ1) is 16.9. The van der Waals surface area contributed by atoms with Gasteiger partial charge in [-0.25, -0.2) is 9.79 Å². The van der Waals surface area contributed by atoms with E-state index in [0.29, 0.717) is 22.4 Å². The second-order valence-electron chi connectivity index (χ2n) is 7.28. The third-order valence-corrected chi connectivity index (χ3v) is 5.05. The number of hydrogen-bond acceptors (Lipinski definition) is 8. The molecule has 3 heterocycles. The van der Waals surface area contributed by atoms with E-state index in [9.17, 15) is 15.0 Å². The molecule has 0 amide bonds. The molecule has 5 rings (SSSR count). The molecule has 0 saturated heterocycles. The van der Waals surface area contributed by atoms with Gasteiger partial charge in [0.1, 0.15) is 5.69 Å². The maximum atomic E-state index is 11.4. The van der Waals surface area contributed by atoms with E-state index >= 15 is 0 Å². The number of imidazole rings is 1. The topological polar surface area (TPSA) is 157 Å². The highest BCUT2D eigenvalue weighted by atomic mass is 16.3. The number of aliphatic hydroxyl groups excluding tert-OH is 1. The molecule has 2 atom stereocenters. The average molecular weight is 384 g/mol. The van der Waals surface area contributed by atoms with Crippen LogP contribution < -0.4 is 21.8 Å². The zero-order chi connectivity index (χ0) is 19.3. The van der Waals surface area contributed by atoms with Gasteiger partial charge in [-0.15, -0.1) is 0 Å². The van der Waals surface area contributed by atoms with Crippen molar-refractivity contribution in [3.05, 3.63) is 33.2 Å². The van der Waals surface area contributed by atoms with E-state index in [0.717, 1.165) is 32.1 Å². The molecule has 3 aromatic rings. The molecule has 2 saturated carbocycles. The van der Waals surface area contributed by atoms with Crippen LogP contribution in [0, 0.1) is 0 Å². The van der Waals surface area contributed by atoms with Crippen LogP contribution in [0.2, 0.25) is 0 Å². The normalized spacial score (nSPS) is 23.8. The van der Waals surface area contributed by atoms with Crippen LogP contribution in [0.4, 0.5) is 5.95 Å². The molecule has 3 aromatic heterocycles. The molecular formula is C17H20N8O3. The molecular weight excluding hydrogens is 364 g/mol. The quantitative estimate of drug-likeness (QED) is 0.377. The lowest BCUT2D eigenvalue weighted by Gasteiger charge is -2.16. The molecule has 11 nitrogen and oxygen atoms in total. The van der Waals surface area contributed by atoms with Crippen LogP contribution >= 0.6 is 0 Å². The SMILES string of the molecule is O=c1[nH]c(O)c(/C=c2\cnn3c(=NC4CC4)nc(N[C@H]4CCC[C@@H]4O)nc23)[nH]1. The molecule has 2 aliphatic rings. The molecule has 28 heavy (non-hydrogen) atoms. The Labute approximate surface area is 157 Å². The number of aliphatic hydroxyl groups is 1. The van der Waals surface area contributed by atoms with Crippen LogP contribution in [0.1, 0.15) is 37.8 Å². The van der Waals surface area contributed by atoms with Crippen molar-refractivity contribution < 1.29 is 10.2 Å². The van der Waals surface area contributed by atoms with Crippen molar-refractivity contribution in [2.24, 2.45) is 4.99 Å². The van der Waals surface area contributed by atoms with Gasteiger partial charge in [0.2, 0.25) is 11.8 Å². The monoisotopic (exact) mass is 384 g/mol. The lowest BCUT2D eigenvalue weighted by molar-refractivity contribution is 0.171. The van der Waals surface area contributed by atoms with E-state index in [1.807, 2.05) is 0 Å². The van der Waals surface area contributed by atoms with Crippen molar-refractivity contribution in [2.75, 3.05) is 5.32 Å². The molecule has 0 spiro atoms. The summed E-state index contributed by atoms with van der Waals surface area (Å²) < 4.78 is 1.54. The molecule has 0 aliphatic heterocycles. The van der Waals surface area contributed by atoms with Crippen LogP contribution in [0.25, 0.3) is 11.7 Å². The summed E-state index contributed by atoms with van der Waals surface area (Å²) in [5, 5.41) is 28.1. The number of nitrogens with one attached hydrogen (secondary N) is 3. The highest BCUT2D eigenvalue weighted by Crippen LogP contribution is 2.23. The Balaban J connectivity index is 1.65. The van der Waals surface area contributed by atoms with Gasteiger partial charge in [0.25, 0.3) is 5.62 Å². The molecule has 0 aromatic carbocycles. The van der Waals surface area contributed by atoms with Crippen LogP contribution in [-0.4, -0.2) is 58.0 Å². The summed E-state index contributed by atoms with van der Waals surface area (Å²) in [5.41, 5.74) is 0.663. The minimum absolute atomic E-state index is 0.100. The summed E-state index contributed by atoms with van der Waals surface area (Å²) in [4.78, 5) is 29.8. The van der Waals surface area contributed by atoms with Gasteiger partial charge >= 0.3 is 5.69 Å². The predicted octanol–water partition coefficient (Wildman–Crippen LogP) is -1.22. The first-order valence-electron chi connectivity index (χ1n) is 9.34. The molecule has 2 fully saturated rings. The molecule has 11 heteroatoms. The molecule has 2 aliphatic carbocycles. The second-order valence-corrected chi connectivity index (χ2v) is 7.28. The number of aromatic nitrogens is 6. The van der Waals surface area contributed by atoms with Gasteiger partial charge in [-0.2, -0.15) is 19.6 Å². The van der Waals surface area contributed by atoms with Crippen molar-refractivity contribution in [3.63, 3.8) is 0 Å². The van der Waals surface area contributed by atoms with Crippen molar-refractivity contribution in [1.29, 1.82) is 0 Å². The summed E-state index contributed by atoms with van der Waals surface area (Å²) in [5.74, 6) is 0.119. The summed E-state index contributed by atoms with van der Waals surface area (Å²) >= 11 is 0. The number of anilines is 1. The minimum Gasteiger partial charge on any atom is -0.493 e. The zero-order valence-corrected chi connectivity index (χ0v) is 15.0. The fourth-order valence-corrected chi connectivity index (χ4v) is 3.42. The standard InChI is InChI=1S/C17H20N8O3/c26-12-3-1-2-10(12)20-15-22-13-8(6-11-14(27)23-17(28)21-11)7-18-25(13)16(24-15)19-9-4-5-9/h6-7,9-10,12,26-27H,1-5H2,(H,19,20,24)(H2,21,23,28)/b8-6+/t10-,12-/m0/s1.